The van der Waals surface area contributed by atoms with Gasteiger partial charge in [0.25, 0.3) is 0 Å². The summed E-state index contributed by atoms with van der Waals surface area (Å²) < 4.78 is 4.93. The molecule has 0 spiro atoms. The fraction of sp³-hybridized carbons (Fsp3) is 0.167. The van der Waals surface area contributed by atoms with Crippen LogP contribution in [-0.4, -0.2) is 11.9 Å². The first kappa shape index (κ1) is 12.0. The highest BCUT2D eigenvalue weighted by molar-refractivity contribution is 5.83. The Balaban J connectivity index is 2.30. The molecule has 84 valence electrons. The second-order valence-corrected chi connectivity index (χ2v) is 3.13. The molecule has 0 aliphatic carbocycles. The topological polar surface area (TPSA) is 55.4 Å². The van der Waals surface area contributed by atoms with Gasteiger partial charge in [-0.3, -0.25) is 4.79 Å². The second-order valence-electron chi connectivity index (χ2n) is 3.13. The van der Waals surface area contributed by atoms with Crippen LogP contribution in [0.4, 0.5) is 0 Å². The van der Waals surface area contributed by atoms with Crippen molar-refractivity contribution in [2.24, 2.45) is 0 Å². The molecule has 4 nitrogen and oxygen atoms in total. The number of hydrogen-bond acceptors (Lipinski definition) is 3. The summed E-state index contributed by atoms with van der Waals surface area (Å²) in [6.45, 7) is 1.59. The fourth-order valence-corrected chi connectivity index (χ4v) is 1.00. The van der Waals surface area contributed by atoms with Gasteiger partial charge in [-0.15, -0.1) is 0 Å². The van der Waals surface area contributed by atoms with E-state index in [9.17, 15) is 9.59 Å². The molecule has 0 saturated carbocycles. The molecule has 0 heterocycles. The molecule has 0 atom stereocenters. The molecule has 0 aliphatic rings. The number of amides is 1. The standard InChI is InChI=1S/C12H13NO3/c1-10(14)13-8-7-12(15)16-9-11-5-3-2-4-6-11/h2-8H,9H2,1H3,(H,13,14)/b8-7+. The zero-order chi connectivity index (χ0) is 11.8. The lowest BCUT2D eigenvalue weighted by molar-refractivity contribution is -0.139. The van der Waals surface area contributed by atoms with Gasteiger partial charge in [-0.25, -0.2) is 4.79 Å². The van der Waals surface area contributed by atoms with Gasteiger partial charge in [-0.2, -0.15) is 0 Å². The number of rotatable bonds is 4. The summed E-state index contributed by atoms with van der Waals surface area (Å²) >= 11 is 0. The van der Waals surface area contributed by atoms with Gasteiger partial charge in [0.2, 0.25) is 5.91 Å². The van der Waals surface area contributed by atoms with E-state index in [2.05, 4.69) is 5.32 Å². The molecule has 0 fully saturated rings. The first-order valence-corrected chi connectivity index (χ1v) is 4.83. The number of carbonyl (C=O) groups excluding carboxylic acids is 2. The van der Waals surface area contributed by atoms with Crippen LogP contribution in [-0.2, 0) is 20.9 Å². The maximum atomic E-state index is 11.1. The van der Waals surface area contributed by atoms with E-state index >= 15 is 0 Å². The van der Waals surface area contributed by atoms with Crippen LogP contribution < -0.4 is 5.32 Å². The predicted octanol–water partition coefficient (Wildman–Crippen LogP) is 1.38. The Morgan fingerprint density at radius 3 is 2.62 bits per heavy atom. The molecule has 0 aliphatic heterocycles. The van der Waals surface area contributed by atoms with Gasteiger partial charge < -0.3 is 10.1 Å². The molecule has 0 unspecified atom stereocenters. The number of ether oxygens (including phenoxy) is 1. The van der Waals surface area contributed by atoms with Gasteiger partial charge in [0, 0.05) is 19.2 Å². The van der Waals surface area contributed by atoms with Crippen molar-refractivity contribution in [2.45, 2.75) is 13.5 Å². The van der Waals surface area contributed by atoms with Crippen molar-refractivity contribution in [3.05, 3.63) is 48.2 Å². The number of hydrogen-bond donors (Lipinski definition) is 1. The Morgan fingerprint density at radius 2 is 2.00 bits per heavy atom. The molecule has 1 rings (SSSR count). The van der Waals surface area contributed by atoms with Crippen LogP contribution in [0.5, 0.6) is 0 Å². The van der Waals surface area contributed by atoms with E-state index in [4.69, 9.17) is 4.74 Å². The minimum Gasteiger partial charge on any atom is -0.458 e. The lowest BCUT2D eigenvalue weighted by atomic mass is 10.2. The Hall–Kier alpha value is -2.10. The number of esters is 1. The van der Waals surface area contributed by atoms with Gasteiger partial charge in [0.05, 0.1) is 0 Å². The van der Waals surface area contributed by atoms with Crippen molar-refractivity contribution >= 4 is 11.9 Å². The maximum Gasteiger partial charge on any atom is 0.332 e. The molecule has 4 heteroatoms. The zero-order valence-corrected chi connectivity index (χ0v) is 8.97. The van der Waals surface area contributed by atoms with Gasteiger partial charge in [-0.05, 0) is 5.56 Å². The van der Waals surface area contributed by atoms with E-state index < -0.39 is 5.97 Å². The van der Waals surface area contributed by atoms with Crippen LogP contribution in [0.1, 0.15) is 12.5 Å². The number of benzene rings is 1. The average molecular weight is 219 g/mol. The van der Waals surface area contributed by atoms with Crippen molar-refractivity contribution in [1.82, 2.24) is 5.32 Å². The van der Waals surface area contributed by atoms with Crippen LogP contribution in [0.25, 0.3) is 0 Å². The first-order valence-electron chi connectivity index (χ1n) is 4.83. The van der Waals surface area contributed by atoms with E-state index in [1.165, 1.54) is 19.2 Å². The van der Waals surface area contributed by atoms with Crippen LogP contribution in [0.2, 0.25) is 0 Å². The van der Waals surface area contributed by atoms with E-state index in [0.29, 0.717) is 0 Å². The van der Waals surface area contributed by atoms with Gasteiger partial charge in [-0.1, -0.05) is 30.3 Å². The lowest BCUT2D eigenvalue weighted by Gasteiger charge is -2.01. The maximum absolute atomic E-state index is 11.1. The minimum absolute atomic E-state index is 0.226. The normalized spacial score (nSPS) is 10.1. The van der Waals surface area contributed by atoms with Gasteiger partial charge in [0.15, 0.2) is 0 Å². The molecule has 0 radical (unpaired) electrons. The number of nitrogens with one attached hydrogen (secondary N) is 1. The second kappa shape index (κ2) is 6.40. The quantitative estimate of drug-likeness (QED) is 0.614. The molecule has 0 saturated heterocycles. The molecule has 1 amide bonds. The van der Waals surface area contributed by atoms with Crippen LogP contribution in [0.15, 0.2) is 42.6 Å². The summed E-state index contributed by atoms with van der Waals surface area (Å²) in [5, 5.41) is 2.35. The molecule has 0 bridgehead atoms. The zero-order valence-electron chi connectivity index (χ0n) is 8.97. The van der Waals surface area contributed by atoms with Crippen LogP contribution >= 0.6 is 0 Å². The van der Waals surface area contributed by atoms with Crippen LogP contribution in [0, 0.1) is 0 Å². The van der Waals surface area contributed by atoms with Gasteiger partial charge in [0.1, 0.15) is 6.61 Å². The third-order valence-electron chi connectivity index (χ3n) is 1.73. The Labute approximate surface area is 93.9 Å². The number of carbonyl (C=O) groups is 2. The van der Waals surface area contributed by atoms with Crippen molar-refractivity contribution in [2.75, 3.05) is 0 Å². The highest BCUT2D eigenvalue weighted by Gasteiger charge is 1.97. The highest BCUT2D eigenvalue weighted by Crippen LogP contribution is 2.00. The van der Waals surface area contributed by atoms with E-state index in [1.807, 2.05) is 30.3 Å². The SMILES string of the molecule is CC(=O)N/C=C/C(=O)OCc1ccccc1. The third kappa shape index (κ3) is 4.95. The average Bonchev–Trinajstić information content (AvgIpc) is 2.27. The fourth-order valence-electron chi connectivity index (χ4n) is 1.00. The summed E-state index contributed by atoms with van der Waals surface area (Å²) in [7, 11) is 0. The Bertz CT molecular complexity index is 385. The summed E-state index contributed by atoms with van der Waals surface area (Å²) in [4.78, 5) is 21.6. The molecule has 1 N–H and O–H groups in total. The third-order valence-corrected chi connectivity index (χ3v) is 1.73. The molecule has 0 aromatic heterocycles. The molecule has 1 aromatic rings. The minimum atomic E-state index is -0.488. The summed E-state index contributed by atoms with van der Waals surface area (Å²) in [5.41, 5.74) is 0.920. The molecule has 1 aromatic carbocycles. The van der Waals surface area contributed by atoms with Crippen molar-refractivity contribution in [1.29, 1.82) is 0 Å². The lowest BCUT2D eigenvalue weighted by Crippen LogP contribution is -2.12. The summed E-state index contributed by atoms with van der Waals surface area (Å²) in [6, 6.07) is 9.37. The smallest absolute Gasteiger partial charge is 0.332 e. The van der Waals surface area contributed by atoms with Crippen LogP contribution in [0.3, 0.4) is 0 Å². The summed E-state index contributed by atoms with van der Waals surface area (Å²) in [6.07, 6.45) is 2.43. The van der Waals surface area contributed by atoms with E-state index in [0.717, 1.165) is 5.56 Å². The highest BCUT2D eigenvalue weighted by atomic mass is 16.5. The molecular weight excluding hydrogens is 206 g/mol. The first-order chi connectivity index (χ1) is 7.68. The summed E-state index contributed by atoms with van der Waals surface area (Å²) in [5.74, 6) is -0.718. The predicted molar refractivity (Wildman–Crippen MR) is 59.2 cm³/mol. The molecule has 16 heavy (non-hydrogen) atoms. The largest absolute Gasteiger partial charge is 0.458 e. The van der Waals surface area contributed by atoms with Crippen molar-refractivity contribution < 1.29 is 14.3 Å². The Morgan fingerprint density at radius 1 is 1.31 bits per heavy atom. The Kier molecular flexibility index (Phi) is 4.79. The van der Waals surface area contributed by atoms with E-state index in [1.54, 1.807) is 0 Å². The van der Waals surface area contributed by atoms with Crippen molar-refractivity contribution in [3.8, 4) is 0 Å². The van der Waals surface area contributed by atoms with Crippen molar-refractivity contribution in [3.63, 3.8) is 0 Å². The van der Waals surface area contributed by atoms with E-state index in [-0.39, 0.29) is 12.5 Å². The monoisotopic (exact) mass is 219 g/mol. The van der Waals surface area contributed by atoms with Gasteiger partial charge >= 0.3 is 5.97 Å². The molecular formula is C12H13NO3.